The van der Waals surface area contributed by atoms with E-state index in [0.29, 0.717) is 24.6 Å². The third-order valence-electron chi connectivity index (χ3n) is 5.04. The average molecular weight is 464 g/mol. The normalized spacial score (nSPS) is 12.5. The summed E-state index contributed by atoms with van der Waals surface area (Å²) >= 11 is 3.13. The van der Waals surface area contributed by atoms with Gasteiger partial charge >= 0.3 is 0 Å². The van der Waals surface area contributed by atoms with Crippen LogP contribution in [-0.4, -0.2) is 35.6 Å². The molecule has 0 saturated carbocycles. The van der Waals surface area contributed by atoms with E-state index in [1.165, 1.54) is 11.3 Å². The Morgan fingerprint density at radius 1 is 1.00 bits per heavy atom. The van der Waals surface area contributed by atoms with E-state index in [9.17, 15) is 4.79 Å². The Morgan fingerprint density at radius 3 is 2.72 bits per heavy atom. The van der Waals surface area contributed by atoms with Crippen molar-refractivity contribution in [1.29, 1.82) is 0 Å². The fraction of sp³-hybridized carbons (Fsp3) is 0.208. The second kappa shape index (κ2) is 9.50. The Bertz CT molecular complexity index is 1220. The molecule has 5 rings (SSSR count). The molecule has 1 aromatic carbocycles. The van der Waals surface area contributed by atoms with E-state index in [1.807, 2.05) is 42.5 Å². The van der Waals surface area contributed by atoms with E-state index < -0.39 is 0 Å². The van der Waals surface area contributed by atoms with Crippen LogP contribution in [0.5, 0.6) is 11.5 Å². The van der Waals surface area contributed by atoms with Crippen LogP contribution in [0, 0.1) is 0 Å². The second-order valence-electron chi connectivity index (χ2n) is 7.24. The second-order valence-corrected chi connectivity index (χ2v) is 9.27. The molecule has 0 radical (unpaired) electrons. The molecule has 0 bridgehead atoms. The average Bonchev–Trinajstić information content (AvgIpc) is 3.52. The van der Waals surface area contributed by atoms with Gasteiger partial charge in [0, 0.05) is 41.2 Å². The summed E-state index contributed by atoms with van der Waals surface area (Å²) in [6.07, 6.45) is 5.22. The maximum absolute atomic E-state index is 12.6. The molecule has 1 amide bonds. The van der Waals surface area contributed by atoms with Crippen LogP contribution >= 0.6 is 22.7 Å². The fourth-order valence-corrected chi connectivity index (χ4v) is 5.19. The number of carbonyl (C=O) groups is 1. The Labute approximate surface area is 193 Å². The van der Waals surface area contributed by atoms with Crippen LogP contribution in [0.2, 0.25) is 0 Å². The molecule has 3 aromatic heterocycles. The molecule has 1 aliphatic heterocycles. The number of hydrogen-bond acceptors (Lipinski definition) is 7. The summed E-state index contributed by atoms with van der Waals surface area (Å²) in [5.74, 6) is 1.47. The van der Waals surface area contributed by atoms with Gasteiger partial charge in [0.2, 0.25) is 0 Å². The monoisotopic (exact) mass is 463 g/mol. The number of pyridine rings is 1. The number of hydrogen-bond donors (Lipinski definition) is 1. The molecule has 8 heteroatoms. The highest BCUT2D eigenvalue weighted by Crippen LogP contribution is 2.36. The van der Waals surface area contributed by atoms with Gasteiger partial charge in [-0.3, -0.25) is 9.78 Å². The number of thiazole rings is 1. The first-order chi connectivity index (χ1) is 15.8. The highest BCUT2D eigenvalue weighted by atomic mass is 32.1. The lowest BCUT2D eigenvalue weighted by Gasteiger charge is -2.18. The minimum absolute atomic E-state index is 0.0459. The zero-order valence-electron chi connectivity index (χ0n) is 17.2. The lowest BCUT2D eigenvalue weighted by Crippen LogP contribution is -2.23. The number of ether oxygens (including phenoxy) is 2. The minimum Gasteiger partial charge on any atom is -0.486 e. The molecular weight excluding hydrogens is 442 g/mol. The molecule has 6 nitrogen and oxygen atoms in total. The van der Waals surface area contributed by atoms with Crippen LogP contribution in [-0.2, 0) is 6.42 Å². The highest BCUT2D eigenvalue weighted by molar-refractivity contribution is 7.17. The SMILES string of the molecule is O=C(NCCCc1nc(-c2ccncc2)cs1)c1ccc(-c2ccc3c(c2)OCCO3)s1. The van der Waals surface area contributed by atoms with Gasteiger partial charge < -0.3 is 14.8 Å². The number of carbonyl (C=O) groups excluding carboxylic acids is 1. The Morgan fingerprint density at radius 2 is 1.84 bits per heavy atom. The maximum Gasteiger partial charge on any atom is 0.261 e. The van der Waals surface area contributed by atoms with E-state index in [2.05, 4.69) is 20.7 Å². The standard InChI is InChI=1S/C24H21N3O3S2/c28-24(26-9-1-2-23-27-18(15-31-23)16-7-10-25-11-8-16)22-6-5-21(32-22)17-3-4-19-20(14-17)30-13-12-29-19/h3-8,10-11,14-15H,1-2,9,12-13H2,(H,26,28). The number of nitrogens with zero attached hydrogens (tertiary/aromatic N) is 2. The summed E-state index contributed by atoms with van der Waals surface area (Å²) in [4.78, 5) is 23.0. The van der Waals surface area contributed by atoms with Crippen molar-refractivity contribution in [3.63, 3.8) is 0 Å². The van der Waals surface area contributed by atoms with E-state index in [0.717, 1.165) is 51.0 Å². The highest BCUT2D eigenvalue weighted by Gasteiger charge is 2.15. The van der Waals surface area contributed by atoms with Gasteiger partial charge in [-0.25, -0.2) is 4.98 Å². The minimum atomic E-state index is -0.0459. The first-order valence-electron chi connectivity index (χ1n) is 10.4. The van der Waals surface area contributed by atoms with Crippen LogP contribution < -0.4 is 14.8 Å². The van der Waals surface area contributed by atoms with Gasteiger partial charge in [0.05, 0.1) is 15.6 Å². The molecule has 0 unspecified atom stereocenters. The fourth-order valence-electron chi connectivity index (χ4n) is 3.42. The number of fused-ring (bicyclic) bond motifs is 1. The van der Waals surface area contributed by atoms with Crippen molar-refractivity contribution in [2.24, 2.45) is 0 Å². The molecular formula is C24H21N3O3S2. The molecule has 0 spiro atoms. The van der Waals surface area contributed by atoms with Crippen molar-refractivity contribution in [3.8, 4) is 33.2 Å². The van der Waals surface area contributed by atoms with Crippen LogP contribution in [0.4, 0.5) is 0 Å². The van der Waals surface area contributed by atoms with Crippen LogP contribution in [0.25, 0.3) is 21.7 Å². The zero-order valence-corrected chi connectivity index (χ0v) is 18.9. The van der Waals surface area contributed by atoms with E-state index >= 15 is 0 Å². The van der Waals surface area contributed by atoms with Crippen molar-refractivity contribution in [2.45, 2.75) is 12.8 Å². The first kappa shape index (κ1) is 20.7. The smallest absolute Gasteiger partial charge is 0.261 e. The number of amides is 1. The van der Waals surface area contributed by atoms with E-state index in [4.69, 9.17) is 9.47 Å². The summed E-state index contributed by atoms with van der Waals surface area (Å²) in [5.41, 5.74) is 3.07. The van der Waals surface area contributed by atoms with Gasteiger partial charge in [0.1, 0.15) is 13.2 Å². The number of aromatic nitrogens is 2. The summed E-state index contributed by atoms with van der Waals surface area (Å²) in [6.45, 7) is 1.74. The Balaban J connectivity index is 1.13. The Hall–Kier alpha value is -3.23. The third kappa shape index (κ3) is 4.66. The van der Waals surface area contributed by atoms with Gasteiger partial charge in [-0.1, -0.05) is 0 Å². The van der Waals surface area contributed by atoms with Crippen molar-refractivity contribution in [2.75, 3.05) is 19.8 Å². The van der Waals surface area contributed by atoms with E-state index in [-0.39, 0.29) is 5.91 Å². The van der Waals surface area contributed by atoms with Gasteiger partial charge in [-0.15, -0.1) is 22.7 Å². The predicted octanol–water partition coefficient (Wildman–Crippen LogP) is 5.07. The van der Waals surface area contributed by atoms with Crippen molar-refractivity contribution < 1.29 is 14.3 Å². The number of thiophene rings is 1. The van der Waals surface area contributed by atoms with Crippen LogP contribution in [0.3, 0.4) is 0 Å². The predicted molar refractivity (Wildman–Crippen MR) is 127 cm³/mol. The van der Waals surface area contributed by atoms with Gasteiger partial charge in [-0.2, -0.15) is 0 Å². The maximum atomic E-state index is 12.6. The molecule has 1 aliphatic rings. The molecule has 4 heterocycles. The van der Waals surface area contributed by atoms with E-state index in [1.54, 1.807) is 23.7 Å². The van der Waals surface area contributed by atoms with Gasteiger partial charge in [-0.05, 0) is 54.4 Å². The quantitative estimate of drug-likeness (QED) is 0.388. The molecule has 0 fully saturated rings. The molecule has 32 heavy (non-hydrogen) atoms. The topological polar surface area (TPSA) is 73.3 Å². The third-order valence-corrected chi connectivity index (χ3v) is 7.08. The van der Waals surface area contributed by atoms with Crippen LogP contribution in [0.1, 0.15) is 21.1 Å². The summed E-state index contributed by atoms with van der Waals surface area (Å²) in [5, 5.41) is 6.15. The number of rotatable bonds is 7. The summed E-state index contributed by atoms with van der Waals surface area (Å²) in [7, 11) is 0. The largest absolute Gasteiger partial charge is 0.486 e. The lowest BCUT2D eigenvalue weighted by atomic mass is 10.1. The molecule has 0 atom stereocenters. The molecule has 162 valence electrons. The summed E-state index contributed by atoms with van der Waals surface area (Å²) < 4.78 is 11.2. The summed E-state index contributed by atoms with van der Waals surface area (Å²) in [6, 6.07) is 13.6. The number of benzene rings is 1. The number of nitrogens with one attached hydrogen (secondary N) is 1. The van der Waals surface area contributed by atoms with Crippen LogP contribution in [0.15, 0.2) is 60.2 Å². The molecule has 0 saturated heterocycles. The van der Waals surface area contributed by atoms with Gasteiger partial charge in [0.15, 0.2) is 11.5 Å². The van der Waals surface area contributed by atoms with Crippen molar-refractivity contribution in [3.05, 3.63) is 70.1 Å². The molecule has 1 N–H and O–H groups in total. The first-order valence-corrected chi connectivity index (χ1v) is 12.1. The van der Waals surface area contributed by atoms with Crippen molar-refractivity contribution in [1.82, 2.24) is 15.3 Å². The lowest BCUT2D eigenvalue weighted by molar-refractivity contribution is 0.0957. The molecule has 4 aromatic rings. The number of aryl methyl sites for hydroxylation is 1. The van der Waals surface area contributed by atoms with Crippen molar-refractivity contribution >= 4 is 28.6 Å². The molecule has 0 aliphatic carbocycles. The Kier molecular flexibility index (Phi) is 6.13. The van der Waals surface area contributed by atoms with Gasteiger partial charge in [0.25, 0.3) is 5.91 Å². The zero-order chi connectivity index (χ0) is 21.8.